The number of fused-ring (bicyclic) bond motifs is 2. The number of ether oxygens (including phenoxy) is 2. The number of anilines is 1. The van der Waals surface area contributed by atoms with Gasteiger partial charge >= 0.3 is 5.69 Å². The summed E-state index contributed by atoms with van der Waals surface area (Å²) >= 11 is 0. The van der Waals surface area contributed by atoms with Gasteiger partial charge in [-0.3, -0.25) is 9.13 Å². The summed E-state index contributed by atoms with van der Waals surface area (Å²) in [5.41, 5.74) is 3.37. The molecule has 4 unspecified atom stereocenters. The number of aryl methyl sites for hydroxylation is 1. The molecule has 5 fully saturated rings. The molecule has 8 rings (SSSR count). The number of rotatable bonds is 4. The third-order valence-electron chi connectivity index (χ3n) is 9.34. The van der Waals surface area contributed by atoms with Crippen molar-refractivity contribution in [3.63, 3.8) is 0 Å². The minimum absolute atomic E-state index is 0.00792. The summed E-state index contributed by atoms with van der Waals surface area (Å²) in [7, 11) is 3.69. The lowest BCUT2D eigenvalue weighted by Gasteiger charge is -2.61. The molecule has 8 heteroatoms. The number of imidazole rings is 1. The van der Waals surface area contributed by atoms with Crippen LogP contribution in [0.3, 0.4) is 0 Å². The average molecular weight is 464 g/mol. The highest BCUT2D eigenvalue weighted by Crippen LogP contribution is 2.61. The summed E-state index contributed by atoms with van der Waals surface area (Å²) in [6, 6.07) is 0. The topological polar surface area (TPSA) is 83.2 Å². The number of hydrogen-bond donors (Lipinski definition) is 1. The monoisotopic (exact) mass is 463 g/mol. The van der Waals surface area contributed by atoms with Crippen LogP contribution in [0, 0.1) is 17.8 Å². The van der Waals surface area contributed by atoms with Crippen LogP contribution in [0.1, 0.15) is 51.9 Å². The van der Waals surface area contributed by atoms with Gasteiger partial charge < -0.3 is 14.8 Å². The molecular formula is C26H33N5O3. The number of hydrogen-bond acceptors (Lipinski definition) is 6. The van der Waals surface area contributed by atoms with Crippen LogP contribution in [0.2, 0.25) is 0 Å². The molecule has 5 aliphatic carbocycles. The Morgan fingerprint density at radius 2 is 2.00 bits per heavy atom. The van der Waals surface area contributed by atoms with Gasteiger partial charge in [0.05, 0.1) is 23.4 Å². The van der Waals surface area contributed by atoms with Gasteiger partial charge in [0.1, 0.15) is 5.52 Å². The van der Waals surface area contributed by atoms with E-state index >= 15 is 0 Å². The van der Waals surface area contributed by atoms with Gasteiger partial charge in [0.15, 0.2) is 5.65 Å². The van der Waals surface area contributed by atoms with Gasteiger partial charge in [0.25, 0.3) is 0 Å². The molecule has 3 heterocycles. The second kappa shape index (κ2) is 7.04. The third kappa shape index (κ3) is 2.87. The summed E-state index contributed by atoms with van der Waals surface area (Å²) in [5, 5.41) is 3.45. The minimum Gasteiger partial charge on any atom is -0.378 e. The summed E-state index contributed by atoms with van der Waals surface area (Å²) in [6.45, 7) is 2.89. The largest absolute Gasteiger partial charge is 0.378 e. The number of methoxy groups -OCH3 is 1. The van der Waals surface area contributed by atoms with Gasteiger partial charge in [0.2, 0.25) is 5.95 Å². The maximum atomic E-state index is 13.6. The first-order valence-electron chi connectivity index (χ1n) is 12.7. The van der Waals surface area contributed by atoms with Crippen LogP contribution in [0.25, 0.3) is 11.2 Å². The van der Waals surface area contributed by atoms with Gasteiger partial charge in [0, 0.05) is 38.8 Å². The van der Waals surface area contributed by atoms with Crippen molar-refractivity contribution < 1.29 is 9.47 Å². The Morgan fingerprint density at radius 1 is 1.21 bits per heavy atom. The minimum atomic E-state index is -0.226. The molecule has 34 heavy (non-hydrogen) atoms. The first-order valence-corrected chi connectivity index (χ1v) is 12.7. The van der Waals surface area contributed by atoms with Gasteiger partial charge in [-0.2, -0.15) is 4.98 Å². The van der Waals surface area contributed by atoms with E-state index in [-0.39, 0.29) is 22.9 Å². The van der Waals surface area contributed by atoms with E-state index in [0.29, 0.717) is 23.7 Å². The van der Waals surface area contributed by atoms with Crippen molar-refractivity contribution in [2.24, 2.45) is 24.8 Å². The molecule has 0 amide bonds. The van der Waals surface area contributed by atoms with Gasteiger partial charge in [-0.25, -0.2) is 9.78 Å². The van der Waals surface area contributed by atoms with Crippen molar-refractivity contribution >= 4 is 17.1 Å². The van der Waals surface area contributed by atoms with E-state index in [1.54, 1.807) is 10.8 Å². The van der Waals surface area contributed by atoms with E-state index in [1.165, 1.54) is 6.42 Å². The normalized spacial score (nSPS) is 38.2. The van der Waals surface area contributed by atoms with Crippen molar-refractivity contribution in [3.05, 3.63) is 40.1 Å². The lowest BCUT2D eigenvalue weighted by Crippen LogP contribution is -2.62. The van der Waals surface area contributed by atoms with Crippen LogP contribution in [-0.2, 0) is 22.1 Å². The second-order valence-corrected chi connectivity index (χ2v) is 11.5. The lowest BCUT2D eigenvalue weighted by molar-refractivity contribution is -0.173. The summed E-state index contributed by atoms with van der Waals surface area (Å²) in [6.07, 6.45) is 13.9. The van der Waals surface area contributed by atoms with Crippen LogP contribution in [0.4, 0.5) is 5.95 Å². The summed E-state index contributed by atoms with van der Waals surface area (Å²) in [5.74, 6) is 2.16. The molecule has 1 aliphatic heterocycles. The van der Waals surface area contributed by atoms with Gasteiger partial charge in [-0.1, -0.05) is 12.2 Å². The van der Waals surface area contributed by atoms with Crippen molar-refractivity contribution in [2.75, 3.05) is 19.0 Å². The predicted molar refractivity (Wildman–Crippen MR) is 128 cm³/mol. The van der Waals surface area contributed by atoms with E-state index in [0.717, 1.165) is 67.6 Å². The van der Waals surface area contributed by atoms with Crippen molar-refractivity contribution in [1.82, 2.24) is 19.1 Å². The first-order chi connectivity index (χ1) is 16.4. The maximum absolute atomic E-state index is 13.6. The number of allylic oxidation sites excluding steroid dienone is 1. The molecule has 1 saturated heterocycles. The standard InChI is InChI=1S/C26H33N5O3/c1-15-6-21-18(4-5-34-21)8-19(15)28-23-27-13-20-22(29-23)31(24(32)30(20)2)25-9-16-7-17(10-25)12-26(11-16,14-25)33-3/h6,8,13,16-18,21H,4-5,7,9-12,14H2,1-3H3,(H,27,28,29). The Hall–Kier alpha value is -2.45. The first kappa shape index (κ1) is 20.9. The van der Waals surface area contributed by atoms with E-state index in [9.17, 15) is 4.79 Å². The van der Waals surface area contributed by atoms with Crippen LogP contribution in [0.15, 0.2) is 34.4 Å². The lowest BCUT2D eigenvalue weighted by atomic mass is 9.51. The highest BCUT2D eigenvalue weighted by Gasteiger charge is 2.59. The van der Waals surface area contributed by atoms with Crippen molar-refractivity contribution in [2.45, 2.75) is 69.1 Å². The molecule has 6 aliphatic rings. The molecule has 0 spiro atoms. The zero-order chi connectivity index (χ0) is 23.2. The molecule has 4 bridgehead atoms. The zero-order valence-corrected chi connectivity index (χ0v) is 20.2. The quantitative estimate of drug-likeness (QED) is 0.748. The Morgan fingerprint density at radius 3 is 2.76 bits per heavy atom. The molecule has 1 N–H and O–H groups in total. The van der Waals surface area contributed by atoms with Crippen LogP contribution in [0.5, 0.6) is 0 Å². The number of nitrogens with zero attached hydrogens (tertiary/aromatic N) is 4. The molecule has 2 aromatic rings. The highest BCUT2D eigenvalue weighted by atomic mass is 16.5. The average Bonchev–Trinajstić information content (AvgIpc) is 3.35. The smallest absolute Gasteiger partial charge is 0.330 e. The molecule has 8 nitrogen and oxygen atoms in total. The number of aromatic nitrogens is 4. The second-order valence-electron chi connectivity index (χ2n) is 11.5. The van der Waals surface area contributed by atoms with Crippen LogP contribution in [-0.4, -0.2) is 44.5 Å². The third-order valence-corrected chi connectivity index (χ3v) is 9.34. The van der Waals surface area contributed by atoms with Crippen molar-refractivity contribution in [3.8, 4) is 0 Å². The van der Waals surface area contributed by atoms with E-state index in [2.05, 4.69) is 29.4 Å². The van der Waals surface area contributed by atoms with Gasteiger partial charge in [-0.15, -0.1) is 0 Å². The molecule has 4 atom stereocenters. The summed E-state index contributed by atoms with van der Waals surface area (Å²) in [4.78, 5) is 23.2. The Bertz CT molecular complexity index is 1290. The van der Waals surface area contributed by atoms with E-state index in [4.69, 9.17) is 14.5 Å². The molecule has 0 radical (unpaired) electrons. The van der Waals surface area contributed by atoms with Crippen molar-refractivity contribution in [1.29, 1.82) is 0 Å². The van der Waals surface area contributed by atoms with Gasteiger partial charge in [-0.05, 0) is 62.9 Å². The fourth-order valence-corrected chi connectivity index (χ4v) is 8.15. The molecule has 180 valence electrons. The highest BCUT2D eigenvalue weighted by molar-refractivity contribution is 5.73. The molecule has 4 saturated carbocycles. The van der Waals surface area contributed by atoms with E-state index in [1.807, 2.05) is 18.7 Å². The predicted octanol–water partition coefficient (Wildman–Crippen LogP) is 3.49. The Kier molecular flexibility index (Phi) is 4.33. The molecule has 0 aromatic carbocycles. The summed E-state index contributed by atoms with van der Waals surface area (Å²) < 4.78 is 15.7. The molecular weight excluding hydrogens is 430 g/mol. The maximum Gasteiger partial charge on any atom is 0.330 e. The molecule has 2 aromatic heterocycles. The van der Waals surface area contributed by atoms with Crippen LogP contribution < -0.4 is 11.0 Å². The SMILES string of the molecule is COC12CC3CC(C1)CC(n1c(=O)n(C)c4cnc(NC5=CC6CCOC6C=C5C)nc41)(C3)C2. The fourth-order valence-electron chi connectivity index (χ4n) is 8.15. The number of nitrogens with one attached hydrogen (secondary N) is 1. The Balaban J connectivity index is 1.31. The fraction of sp³-hybridized carbons (Fsp3) is 0.654. The Labute approximate surface area is 199 Å². The van der Waals surface area contributed by atoms with E-state index < -0.39 is 0 Å². The van der Waals surface area contributed by atoms with Crippen LogP contribution >= 0.6 is 0 Å². The zero-order valence-electron chi connectivity index (χ0n) is 20.2.